The molecule has 1 fully saturated rings. The van der Waals surface area contributed by atoms with Crippen molar-refractivity contribution in [3.05, 3.63) is 74.9 Å². The first kappa shape index (κ1) is 19.6. The van der Waals surface area contributed by atoms with E-state index in [1.54, 1.807) is 31.4 Å². The first-order chi connectivity index (χ1) is 13.0. The maximum atomic E-state index is 12.8. The number of Topliss-reactive ketones (excluding diaryl/α,β-unsaturated/α-hetero) is 1. The summed E-state index contributed by atoms with van der Waals surface area (Å²) in [6.45, 7) is 0.863. The van der Waals surface area contributed by atoms with Crippen LogP contribution in [-0.4, -0.2) is 42.0 Å². The summed E-state index contributed by atoms with van der Waals surface area (Å²) in [6, 6.07) is 15.8. The number of likely N-dealkylation sites (tertiary alicyclic amines) is 1. The van der Waals surface area contributed by atoms with E-state index in [9.17, 15) is 14.7 Å². The maximum absolute atomic E-state index is 12.8. The number of hydrogen-bond donors (Lipinski definition) is 1. The number of aliphatic hydroxyl groups is 1. The van der Waals surface area contributed by atoms with Gasteiger partial charge in [0.15, 0.2) is 0 Å². The van der Waals surface area contributed by atoms with Crippen LogP contribution in [0.15, 0.2) is 60.2 Å². The van der Waals surface area contributed by atoms with E-state index >= 15 is 0 Å². The van der Waals surface area contributed by atoms with E-state index in [1.807, 2.05) is 30.3 Å². The Hall–Kier alpha value is -2.19. The van der Waals surface area contributed by atoms with Crippen LogP contribution < -0.4 is 0 Å². The molecule has 1 atom stereocenters. The average Bonchev–Trinajstić information content (AvgIpc) is 2.94. The lowest BCUT2D eigenvalue weighted by atomic mass is 9.95. The van der Waals surface area contributed by atoms with E-state index in [1.165, 1.54) is 4.90 Å². The van der Waals surface area contributed by atoms with E-state index < -0.39 is 17.7 Å². The van der Waals surface area contributed by atoms with Crippen LogP contribution in [0.5, 0.6) is 0 Å². The maximum Gasteiger partial charge on any atom is 0.295 e. The minimum atomic E-state index is -0.655. The minimum Gasteiger partial charge on any atom is -0.507 e. The van der Waals surface area contributed by atoms with Crippen molar-refractivity contribution in [1.29, 1.82) is 0 Å². The first-order valence-corrected chi connectivity index (χ1v) is 9.70. The van der Waals surface area contributed by atoms with Gasteiger partial charge in [-0.15, -0.1) is 0 Å². The molecule has 2 aromatic rings. The first-order valence-electron chi connectivity index (χ1n) is 8.63. The van der Waals surface area contributed by atoms with E-state index in [0.29, 0.717) is 25.1 Å². The molecule has 6 heteroatoms. The highest BCUT2D eigenvalue weighted by Gasteiger charge is 2.45. The molecule has 5 nitrogen and oxygen atoms in total. The van der Waals surface area contributed by atoms with Crippen LogP contribution in [0.2, 0.25) is 0 Å². The standard InChI is InChI=1S/C21H20INO4/c1-27-13-5-12-23-18(14-8-10-16(22)11-9-14)17(20(25)21(23)26)19(24)15-6-3-2-4-7-15/h2-4,6-11,18,24H,5,12-13H2,1H3. The fraction of sp³-hybridized carbons (Fsp3) is 0.238. The third kappa shape index (κ3) is 4.06. The lowest BCUT2D eigenvalue weighted by molar-refractivity contribution is -0.140. The molecule has 0 aliphatic carbocycles. The van der Waals surface area contributed by atoms with Gasteiger partial charge in [-0.1, -0.05) is 42.5 Å². The van der Waals surface area contributed by atoms with E-state index in [0.717, 1.165) is 9.13 Å². The van der Waals surface area contributed by atoms with Gasteiger partial charge in [0.2, 0.25) is 0 Å². The van der Waals surface area contributed by atoms with Gasteiger partial charge in [0.25, 0.3) is 11.7 Å². The summed E-state index contributed by atoms with van der Waals surface area (Å²) >= 11 is 2.20. The Morgan fingerprint density at radius 3 is 2.41 bits per heavy atom. The van der Waals surface area contributed by atoms with Crippen LogP contribution in [0.25, 0.3) is 5.76 Å². The van der Waals surface area contributed by atoms with Crippen molar-refractivity contribution in [2.24, 2.45) is 0 Å². The summed E-state index contributed by atoms with van der Waals surface area (Å²) in [5, 5.41) is 10.8. The van der Waals surface area contributed by atoms with E-state index in [2.05, 4.69) is 22.6 Å². The fourth-order valence-corrected chi connectivity index (χ4v) is 3.59. The van der Waals surface area contributed by atoms with E-state index in [-0.39, 0.29) is 11.3 Å². The van der Waals surface area contributed by atoms with Crippen molar-refractivity contribution in [2.45, 2.75) is 12.5 Å². The van der Waals surface area contributed by atoms with Crippen molar-refractivity contribution >= 4 is 40.0 Å². The molecule has 2 aromatic carbocycles. The van der Waals surface area contributed by atoms with Gasteiger partial charge in [0.05, 0.1) is 11.6 Å². The monoisotopic (exact) mass is 477 g/mol. The van der Waals surface area contributed by atoms with Gasteiger partial charge < -0.3 is 14.7 Å². The number of amides is 1. The molecule has 0 aromatic heterocycles. The second-order valence-corrected chi connectivity index (χ2v) is 7.50. The summed E-state index contributed by atoms with van der Waals surface area (Å²) in [5.74, 6) is -1.39. The Morgan fingerprint density at radius 1 is 1.11 bits per heavy atom. The Morgan fingerprint density at radius 2 is 1.78 bits per heavy atom. The molecule has 1 saturated heterocycles. The van der Waals surface area contributed by atoms with Crippen molar-refractivity contribution in [1.82, 2.24) is 4.90 Å². The molecule has 0 saturated carbocycles. The molecule has 27 heavy (non-hydrogen) atoms. The Bertz CT molecular complexity index is 862. The molecule has 3 rings (SSSR count). The highest BCUT2D eigenvalue weighted by molar-refractivity contribution is 14.1. The largest absolute Gasteiger partial charge is 0.507 e. The second kappa shape index (κ2) is 8.67. The van der Waals surface area contributed by atoms with Gasteiger partial charge in [-0.2, -0.15) is 0 Å². The van der Waals surface area contributed by atoms with Gasteiger partial charge in [0, 0.05) is 29.4 Å². The number of ketones is 1. The Balaban J connectivity index is 2.10. The van der Waals surface area contributed by atoms with E-state index in [4.69, 9.17) is 4.74 Å². The molecule has 1 N–H and O–H groups in total. The van der Waals surface area contributed by atoms with Crippen LogP contribution >= 0.6 is 22.6 Å². The third-order valence-electron chi connectivity index (χ3n) is 4.52. The minimum absolute atomic E-state index is 0.129. The van der Waals surface area contributed by atoms with Crippen LogP contribution in [0.3, 0.4) is 0 Å². The number of carbonyl (C=O) groups is 2. The van der Waals surface area contributed by atoms with Gasteiger partial charge in [-0.3, -0.25) is 9.59 Å². The van der Waals surface area contributed by atoms with Gasteiger partial charge >= 0.3 is 0 Å². The number of nitrogens with zero attached hydrogens (tertiary/aromatic N) is 1. The van der Waals surface area contributed by atoms with Crippen molar-refractivity contribution in [2.75, 3.05) is 20.3 Å². The second-order valence-electron chi connectivity index (χ2n) is 6.26. The molecule has 1 aliphatic rings. The van der Waals surface area contributed by atoms with Gasteiger partial charge in [-0.05, 0) is 46.7 Å². The zero-order chi connectivity index (χ0) is 19.4. The number of hydrogen-bond acceptors (Lipinski definition) is 4. The number of methoxy groups -OCH3 is 1. The highest BCUT2D eigenvalue weighted by atomic mass is 127. The summed E-state index contributed by atoms with van der Waals surface area (Å²) in [7, 11) is 1.60. The normalized spacial score (nSPS) is 18.9. The lowest BCUT2D eigenvalue weighted by Crippen LogP contribution is -2.31. The molecule has 0 bridgehead atoms. The molecule has 0 spiro atoms. The summed E-state index contributed by atoms with van der Waals surface area (Å²) in [4.78, 5) is 27.0. The zero-order valence-corrected chi connectivity index (χ0v) is 17.0. The number of aliphatic hydroxyl groups excluding tert-OH is 1. The van der Waals surface area contributed by atoms with Crippen molar-refractivity contribution in [3.8, 4) is 0 Å². The number of rotatable bonds is 6. The van der Waals surface area contributed by atoms with Crippen molar-refractivity contribution < 1.29 is 19.4 Å². The van der Waals surface area contributed by atoms with Crippen molar-refractivity contribution in [3.63, 3.8) is 0 Å². The Labute approximate surface area is 171 Å². The van der Waals surface area contributed by atoms with Gasteiger partial charge in [-0.25, -0.2) is 0 Å². The number of benzene rings is 2. The molecule has 0 radical (unpaired) electrons. The van der Waals surface area contributed by atoms with Crippen LogP contribution in [0, 0.1) is 3.57 Å². The fourth-order valence-electron chi connectivity index (χ4n) is 3.23. The molecule has 1 heterocycles. The van der Waals surface area contributed by atoms with Crippen LogP contribution in [0.4, 0.5) is 0 Å². The zero-order valence-electron chi connectivity index (χ0n) is 14.9. The lowest BCUT2D eigenvalue weighted by Gasteiger charge is -2.25. The third-order valence-corrected chi connectivity index (χ3v) is 5.24. The topological polar surface area (TPSA) is 66.8 Å². The summed E-state index contributed by atoms with van der Waals surface area (Å²) < 4.78 is 6.13. The predicted octanol–water partition coefficient (Wildman–Crippen LogP) is 3.75. The molecular weight excluding hydrogens is 457 g/mol. The Kier molecular flexibility index (Phi) is 6.28. The number of ether oxygens (including phenoxy) is 1. The van der Waals surface area contributed by atoms with Gasteiger partial charge in [0.1, 0.15) is 5.76 Å². The molecule has 1 unspecified atom stereocenters. The summed E-state index contributed by atoms with van der Waals surface area (Å²) in [6.07, 6.45) is 0.607. The predicted molar refractivity (Wildman–Crippen MR) is 111 cm³/mol. The van der Waals surface area contributed by atoms with Crippen LogP contribution in [0.1, 0.15) is 23.6 Å². The number of carbonyl (C=O) groups excluding carboxylic acids is 2. The SMILES string of the molecule is COCCCN1C(=O)C(=O)C(=C(O)c2ccccc2)C1c1ccc(I)cc1. The number of halogens is 1. The molecule has 1 aliphatic heterocycles. The van der Waals surface area contributed by atoms with Crippen LogP contribution in [-0.2, 0) is 14.3 Å². The smallest absolute Gasteiger partial charge is 0.295 e. The quantitative estimate of drug-likeness (QED) is 0.226. The highest BCUT2D eigenvalue weighted by Crippen LogP contribution is 2.39. The average molecular weight is 477 g/mol. The molecule has 140 valence electrons. The molecule has 1 amide bonds. The molecular formula is C21H20INO4. The summed E-state index contributed by atoms with van der Waals surface area (Å²) in [5.41, 5.74) is 1.44.